The van der Waals surface area contributed by atoms with Gasteiger partial charge in [-0.1, -0.05) is 27.0 Å². The van der Waals surface area contributed by atoms with Crippen molar-refractivity contribution in [2.24, 2.45) is 0 Å². The summed E-state index contributed by atoms with van der Waals surface area (Å²) in [6.45, 7) is 17.8. The molecule has 0 fully saturated rings. The Bertz CT molecular complexity index is 193. The van der Waals surface area contributed by atoms with Gasteiger partial charge in [0.05, 0.1) is 0 Å². The van der Waals surface area contributed by atoms with Crippen LogP contribution in [0.15, 0.2) is 35.6 Å². The lowest BCUT2D eigenvalue weighted by molar-refractivity contribution is 0.964. The molecule has 1 heteroatoms. The molecule has 0 aromatic carbocycles. The normalized spacial score (nSPS) is 7.85. The lowest BCUT2D eigenvalue weighted by Crippen LogP contribution is -2.06. The summed E-state index contributed by atoms with van der Waals surface area (Å²) in [6.07, 6.45) is 0. The summed E-state index contributed by atoms with van der Waals surface area (Å²) in [5.41, 5.74) is 4.39. The van der Waals surface area contributed by atoms with Gasteiger partial charge in [0.15, 0.2) is 0 Å². The molecule has 0 bridgehead atoms. The molecule has 0 aliphatic rings. The second kappa shape index (κ2) is 7.66. The zero-order valence-electron chi connectivity index (χ0n) is 9.91. The molecule has 0 saturated heterocycles. The Balaban J connectivity index is 0. The summed E-state index contributed by atoms with van der Waals surface area (Å²) >= 11 is 0. The molecule has 0 aromatic rings. The fourth-order valence-corrected chi connectivity index (χ4v) is 1.13. The molecule has 0 unspecified atom stereocenters. The molecule has 0 aliphatic carbocycles. The van der Waals surface area contributed by atoms with Gasteiger partial charge in [0, 0.05) is 12.7 Å². The zero-order chi connectivity index (χ0) is 11.0. The topological polar surface area (TPSA) is 12.0 Å². The SMILES string of the molecule is C=C(C)C(C(=C)C)=C(C)NC.CC. The molecule has 0 saturated carbocycles. The summed E-state index contributed by atoms with van der Waals surface area (Å²) < 4.78 is 0. The van der Waals surface area contributed by atoms with Crippen molar-refractivity contribution in [2.45, 2.75) is 34.6 Å². The minimum atomic E-state index is 1.06. The standard InChI is InChI=1S/C10H17N.C2H6/c1-7(2)10(8(3)4)9(5)11-6;1-2/h11H,1,3H2,2,4-6H3;1-2H3. The molecule has 0 rings (SSSR count). The molecule has 1 N–H and O–H groups in total. The second-order valence-corrected chi connectivity index (χ2v) is 2.81. The van der Waals surface area contributed by atoms with Crippen LogP contribution in [-0.2, 0) is 0 Å². The van der Waals surface area contributed by atoms with Crippen LogP contribution in [0.2, 0.25) is 0 Å². The maximum Gasteiger partial charge on any atom is 0.0151 e. The van der Waals surface area contributed by atoms with Crippen molar-refractivity contribution in [2.75, 3.05) is 7.05 Å². The molecule has 0 heterocycles. The van der Waals surface area contributed by atoms with Crippen molar-refractivity contribution < 1.29 is 0 Å². The summed E-state index contributed by atoms with van der Waals surface area (Å²) in [4.78, 5) is 0. The number of hydrogen-bond donors (Lipinski definition) is 1. The van der Waals surface area contributed by atoms with Crippen molar-refractivity contribution in [3.63, 3.8) is 0 Å². The molecule has 13 heavy (non-hydrogen) atoms. The van der Waals surface area contributed by atoms with Crippen LogP contribution in [0.1, 0.15) is 34.6 Å². The van der Waals surface area contributed by atoms with Crippen LogP contribution in [-0.4, -0.2) is 7.05 Å². The van der Waals surface area contributed by atoms with Gasteiger partial charge in [-0.3, -0.25) is 0 Å². The first-order valence-electron chi connectivity index (χ1n) is 4.71. The van der Waals surface area contributed by atoms with Crippen LogP contribution >= 0.6 is 0 Å². The van der Waals surface area contributed by atoms with Gasteiger partial charge < -0.3 is 5.32 Å². The molecular formula is C12H23N. The van der Waals surface area contributed by atoms with Gasteiger partial charge in [-0.05, 0) is 37.5 Å². The van der Waals surface area contributed by atoms with Gasteiger partial charge in [0.25, 0.3) is 0 Å². The quantitative estimate of drug-likeness (QED) is 0.655. The van der Waals surface area contributed by atoms with Crippen LogP contribution in [0, 0.1) is 0 Å². The van der Waals surface area contributed by atoms with E-state index in [-0.39, 0.29) is 0 Å². The highest BCUT2D eigenvalue weighted by molar-refractivity contribution is 5.44. The Morgan fingerprint density at radius 3 is 1.31 bits per heavy atom. The Morgan fingerprint density at radius 1 is 0.923 bits per heavy atom. The maximum absolute atomic E-state index is 3.89. The average molecular weight is 181 g/mol. The first-order chi connectivity index (χ1) is 6.00. The molecule has 0 atom stereocenters. The molecule has 0 aromatic heterocycles. The average Bonchev–Trinajstić information content (AvgIpc) is 2.06. The Kier molecular flexibility index (Phi) is 8.56. The lowest BCUT2D eigenvalue weighted by atomic mass is 10.0. The predicted molar refractivity (Wildman–Crippen MR) is 62.7 cm³/mol. The molecule has 0 spiro atoms. The monoisotopic (exact) mass is 181 g/mol. The van der Waals surface area contributed by atoms with Crippen LogP contribution in [0.3, 0.4) is 0 Å². The van der Waals surface area contributed by atoms with Crippen molar-refractivity contribution in [3.05, 3.63) is 35.6 Å². The summed E-state index contributed by atoms with van der Waals surface area (Å²) in [6, 6.07) is 0. The Labute approximate surface area is 83.2 Å². The van der Waals surface area contributed by atoms with E-state index < -0.39 is 0 Å². The van der Waals surface area contributed by atoms with Gasteiger partial charge in [0.1, 0.15) is 0 Å². The molecule has 76 valence electrons. The van der Waals surface area contributed by atoms with Gasteiger partial charge in [-0.2, -0.15) is 0 Å². The fourth-order valence-electron chi connectivity index (χ4n) is 1.13. The van der Waals surface area contributed by atoms with E-state index in [1.807, 2.05) is 41.7 Å². The summed E-state index contributed by atoms with van der Waals surface area (Å²) in [7, 11) is 1.90. The third-order valence-corrected chi connectivity index (χ3v) is 1.60. The van der Waals surface area contributed by atoms with E-state index in [0.29, 0.717) is 0 Å². The molecule has 0 radical (unpaired) electrons. The van der Waals surface area contributed by atoms with Crippen molar-refractivity contribution >= 4 is 0 Å². The van der Waals surface area contributed by atoms with Crippen molar-refractivity contribution in [1.82, 2.24) is 5.32 Å². The summed E-state index contributed by atoms with van der Waals surface area (Å²) in [5, 5.41) is 3.09. The van der Waals surface area contributed by atoms with Crippen molar-refractivity contribution in [1.29, 1.82) is 0 Å². The number of hydrogen-bond acceptors (Lipinski definition) is 1. The van der Waals surface area contributed by atoms with Gasteiger partial charge in [-0.15, -0.1) is 0 Å². The minimum absolute atomic E-state index is 1.06. The van der Waals surface area contributed by atoms with Crippen LogP contribution in [0.25, 0.3) is 0 Å². The van der Waals surface area contributed by atoms with Gasteiger partial charge in [0.2, 0.25) is 0 Å². The Hall–Kier alpha value is -0.980. The van der Waals surface area contributed by atoms with E-state index >= 15 is 0 Å². The number of allylic oxidation sites excluding steroid dienone is 4. The second-order valence-electron chi connectivity index (χ2n) is 2.81. The first kappa shape index (κ1) is 14.5. The lowest BCUT2D eigenvalue weighted by Gasteiger charge is -2.11. The van der Waals surface area contributed by atoms with Crippen LogP contribution < -0.4 is 5.32 Å². The first-order valence-corrected chi connectivity index (χ1v) is 4.71. The smallest absolute Gasteiger partial charge is 0.0151 e. The Morgan fingerprint density at radius 2 is 1.23 bits per heavy atom. The fraction of sp³-hybridized carbons (Fsp3) is 0.500. The number of nitrogens with one attached hydrogen (secondary N) is 1. The van der Waals surface area contributed by atoms with Crippen LogP contribution in [0.4, 0.5) is 0 Å². The molecule has 0 amide bonds. The minimum Gasteiger partial charge on any atom is -0.391 e. The number of rotatable bonds is 3. The van der Waals surface area contributed by atoms with E-state index in [2.05, 4.69) is 18.5 Å². The summed E-state index contributed by atoms with van der Waals surface area (Å²) in [5.74, 6) is 0. The van der Waals surface area contributed by atoms with E-state index in [1.165, 1.54) is 0 Å². The van der Waals surface area contributed by atoms with E-state index in [9.17, 15) is 0 Å². The van der Waals surface area contributed by atoms with Crippen molar-refractivity contribution in [3.8, 4) is 0 Å². The predicted octanol–water partition coefficient (Wildman–Crippen LogP) is 3.66. The van der Waals surface area contributed by atoms with E-state index in [0.717, 1.165) is 22.4 Å². The largest absolute Gasteiger partial charge is 0.391 e. The maximum atomic E-state index is 3.89. The van der Waals surface area contributed by atoms with Gasteiger partial charge in [-0.25, -0.2) is 0 Å². The highest BCUT2D eigenvalue weighted by Gasteiger charge is 2.02. The highest BCUT2D eigenvalue weighted by atomic mass is 14.8. The highest BCUT2D eigenvalue weighted by Crippen LogP contribution is 2.18. The van der Waals surface area contributed by atoms with Gasteiger partial charge >= 0.3 is 0 Å². The third kappa shape index (κ3) is 5.29. The zero-order valence-corrected chi connectivity index (χ0v) is 9.91. The molecular weight excluding hydrogens is 158 g/mol. The van der Waals surface area contributed by atoms with E-state index in [4.69, 9.17) is 0 Å². The molecule has 0 aliphatic heterocycles. The molecule has 1 nitrogen and oxygen atoms in total. The van der Waals surface area contributed by atoms with Crippen LogP contribution in [0.5, 0.6) is 0 Å². The van der Waals surface area contributed by atoms with E-state index in [1.54, 1.807) is 0 Å². The third-order valence-electron chi connectivity index (χ3n) is 1.60.